The smallest absolute Gasteiger partial charge is 0.338 e. The number of nitrogens with zero attached hydrogens (tertiary/aromatic N) is 3. The Labute approximate surface area is 226 Å². The fourth-order valence-electron chi connectivity index (χ4n) is 4.27. The molecule has 2 aromatic carbocycles. The predicted octanol–water partition coefficient (Wildman–Crippen LogP) is 4.63. The number of fused-ring (bicyclic) bond motifs is 1. The maximum absolute atomic E-state index is 13.6. The Morgan fingerprint density at radius 3 is 2.72 bits per heavy atom. The molecule has 0 saturated heterocycles. The Bertz CT molecular complexity index is 1810. The van der Waals surface area contributed by atoms with Crippen LogP contribution in [0.3, 0.4) is 0 Å². The van der Waals surface area contributed by atoms with E-state index in [1.54, 1.807) is 50.3 Å². The van der Waals surface area contributed by atoms with Gasteiger partial charge in [-0.25, -0.2) is 9.79 Å². The highest BCUT2D eigenvalue weighted by Crippen LogP contribution is 2.27. The van der Waals surface area contributed by atoms with E-state index in [1.807, 2.05) is 36.4 Å². The van der Waals surface area contributed by atoms with E-state index in [-0.39, 0.29) is 17.9 Å². The number of nitro benzene ring substituents is 1. The van der Waals surface area contributed by atoms with E-state index in [0.717, 1.165) is 5.56 Å². The number of ether oxygens (including phenoxy) is 1. The minimum absolute atomic E-state index is 0.0462. The van der Waals surface area contributed by atoms with E-state index in [1.165, 1.54) is 28.0 Å². The van der Waals surface area contributed by atoms with Crippen molar-refractivity contribution in [3.63, 3.8) is 0 Å². The Hall–Kier alpha value is -4.83. The summed E-state index contributed by atoms with van der Waals surface area (Å²) in [5, 5.41) is 11.1. The summed E-state index contributed by atoms with van der Waals surface area (Å²) in [5.74, 6) is 0.310. The molecule has 3 heterocycles. The monoisotopic (exact) mass is 541 g/mol. The van der Waals surface area contributed by atoms with E-state index >= 15 is 0 Å². The first kappa shape index (κ1) is 25.8. The minimum atomic E-state index is -0.709. The Morgan fingerprint density at radius 1 is 1.18 bits per heavy atom. The molecule has 0 unspecified atom stereocenters. The summed E-state index contributed by atoms with van der Waals surface area (Å²) in [6.45, 7) is 3.65. The van der Waals surface area contributed by atoms with E-state index in [4.69, 9.17) is 9.15 Å². The first-order chi connectivity index (χ1) is 18.9. The zero-order valence-corrected chi connectivity index (χ0v) is 21.9. The third-order valence-corrected chi connectivity index (χ3v) is 7.05. The van der Waals surface area contributed by atoms with Gasteiger partial charge in [0.05, 0.1) is 33.4 Å². The van der Waals surface area contributed by atoms with Crippen LogP contribution in [0.4, 0.5) is 5.69 Å². The number of benzene rings is 2. The average Bonchev–Trinajstić information content (AvgIpc) is 3.52. The van der Waals surface area contributed by atoms with Crippen LogP contribution >= 0.6 is 11.3 Å². The summed E-state index contributed by atoms with van der Waals surface area (Å²) in [5.41, 5.74) is 1.87. The molecule has 1 aliphatic rings. The van der Waals surface area contributed by atoms with Crippen molar-refractivity contribution < 1.29 is 18.9 Å². The highest BCUT2D eigenvalue weighted by Gasteiger charge is 2.30. The van der Waals surface area contributed by atoms with Gasteiger partial charge in [-0.3, -0.25) is 19.5 Å². The van der Waals surface area contributed by atoms with Gasteiger partial charge in [-0.1, -0.05) is 66.0 Å². The number of allylic oxidation sites excluding steroid dienone is 2. The van der Waals surface area contributed by atoms with Gasteiger partial charge in [-0.05, 0) is 31.5 Å². The molecule has 0 radical (unpaired) electrons. The molecule has 10 heteroatoms. The van der Waals surface area contributed by atoms with Crippen LogP contribution in [0.25, 0.3) is 23.5 Å². The molecule has 4 aromatic rings. The lowest BCUT2D eigenvalue weighted by Crippen LogP contribution is -2.38. The molecular formula is C29H23N3O6S. The number of non-ortho nitro benzene ring substituents is 1. The molecule has 39 heavy (non-hydrogen) atoms. The van der Waals surface area contributed by atoms with Crippen molar-refractivity contribution in [3.8, 4) is 11.3 Å². The highest BCUT2D eigenvalue weighted by molar-refractivity contribution is 7.07. The number of aromatic nitrogens is 1. The maximum atomic E-state index is 13.6. The number of carbonyl (C=O) groups excluding carboxylic acids is 1. The van der Waals surface area contributed by atoms with Crippen molar-refractivity contribution in [2.24, 2.45) is 4.99 Å². The average molecular weight is 542 g/mol. The van der Waals surface area contributed by atoms with Gasteiger partial charge in [-0.2, -0.15) is 0 Å². The molecule has 1 aliphatic heterocycles. The molecule has 2 aromatic heterocycles. The van der Waals surface area contributed by atoms with Gasteiger partial charge in [0.25, 0.3) is 11.2 Å². The Kier molecular flexibility index (Phi) is 7.20. The van der Waals surface area contributed by atoms with Gasteiger partial charge in [0.15, 0.2) is 4.80 Å². The van der Waals surface area contributed by atoms with Crippen molar-refractivity contribution in [1.29, 1.82) is 0 Å². The normalized spacial score (nSPS) is 15.3. The Balaban J connectivity index is 1.57. The number of hydrogen-bond donors (Lipinski definition) is 0. The van der Waals surface area contributed by atoms with Gasteiger partial charge < -0.3 is 9.15 Å². The highest BCUT2D eigenvalue weighted by atomic mass is 32.1. The molecule has 5 rings (SSSR count). The zero-order chi connectivity index (χ0) is 27.5. The number of esters is 1. The molecule has 0 bridgehead atoms. The number of rotatable bonds is 7. The largest absolute Gasteiger partial charge is 0.463 e. The summed E-state index contributed by atoms with van der Waals surface area (Å²) >= 11 is 1.18. The van der Waals surface area contributed by atoms with Crippen molar-refractivity contribution in [3.05, 3.63) is 125 Å². The van der Waals surface area contributed by atoms with Crippen molar-refractivity contribution in [2.75, 3.05) is 6.61 Å². The quantitative estimate of drug-likeness (QED) is 0.191. The fraction of sp³-hybridized carbons (Fsp3) is 0.138. The number of hydrogen-bond acceptors (Lipinski definition) is 8. The molecule has 1 atom stereocenters. The maximum Gasteiger partial charge on any atom is 0.338 e. The van der Waals surface area contributed by atoms with Crippen molar-refractivity contribution in [2.45, 2.75) is 19.9 Å². The topological polar surface area (TPSA) is 117 Å². The summed E-state index contributed by atoms with van der Waals surface area (Å²) in [4.78, 5) is 42.2. The van der Waals surface area contributed by atoms with Crippen LogP contribution in [0.1, 0.15) is 31.2 Å². The molecule has 0 saturated carbocycles. The number of carbonyl (C=O) groups is 1. The van der Waals surface area contributed by atoms with Crippen LogP contribution in [0.15, 0.2) is 98.3 Å². The lowest BCUT2D eigenvalue weighted by Gasteiger charge is -2.21. The predicted molar refractivity (Wildman–Crippen MR) is 148 cm³/mol. The minimum Gasteiger partial charge on any atom is -0.463 e. The second kappa shape index (κ2) is 10.9. The van der Waals surface area contributed by atoms with Gasteiger partial charge >= 0.3 is 5.97 Å². The first-order valence-corrected chi connectivity index (χ1v) is 12.9. The Morgan fingerprint density at radius 2 is 1.97 bits per heavy atom. The van der Waals surface area contributed by atoms with Crippen LogP contribution < -0.4 is 14.9 Å². The third kappa shape index (κ3) is 5.27. The molecule has 9 nitrogen and oxygen atoms in total. The summed E-state index contributed by atoms with van der Waals surface area (Å²) in [6.07, 6.45) is 5.26. The SMILES string of the molecule is CCOC(=O)C1=C(C)N=c2s/c(=C\c3ccc(-c4cccc([N+](=O)[O-])c4)o3)c(=O)n2[C@H]1/C=C/c1ccccc1. The van der Waals surface area contributed by atoms with Crippen LogP contribution in [-0.2, 0) is 9.53 Å². The number of furan rings is 1. The summed E-state index contributed by atoms with van der Waals surface area (Å²) in [7, 11) is 0. The van der Waals surface area contributed by atoms with Gasteiger partial charge in [0.2, 0.25) is 0 Å². The van der Waals surface area contributed by atoms with E-state index < -0.39 is 16.9 Å². The van der Waals surface area contributed by atoms with Crippen LogP contribution in [0.5, 0.6) is 0 Å². The number of thiazole rings is 1. The van der Waals surface area contributed by atoms with E-state index in [9.17, 15) is 19.7 Å². The lowest BCUT2D eigenvalue weighted by atomic mass is 10.0. The first-order valence-electron chi connectivity index (χ1n) is 12.1. The van der Waals surface area contributed by atoms with E-state index in [0.29, 0.717) is 37.7 Å². The lowest BCUT2D eigenvalue weighted by molar-refractivity contribution is -0.384. The van der Waals surface area contributed by atoms with Gasteiger partial charge in [-0.15, -0.1) is 0 Å². The summed E-state index contributed by atoms with van der Waals surface area (Å²) in [6, 6.07) is 18.4. The van der Waals surface area contributed by atoms with Crippen LogP contribution in [-0.4, -0.2) is 22.1 Å². The van der Waals surface area contributed by atoms with Gasteiger partial charge in [0.1, 0.15) is 11.5 Å². The van der Waals surface area contributed by atoms with Crippen LogP contribution in [0.2, 0.25) is 0 Å². The molecule has 0 amide bonds. The second-order valence-electron chi connectivity index (χ2n) is 8.62. The summed E-state index contributed by atoms with van der Waals surface area (Å²) < 4.78 is 13.0. The number of nitro groups is 1. The molecule has 0 aliphatic carbocycles. The second-order valence-corrected chi connectivity index (χ2v) is 9.63. The zero-order valence-electron chi connectivity index (χ0n) is 21.1. The fourth-order valence-corrected chi connectivity index (χ4v) is 5.31. The molecule has 0 N–H and O–H groups in total. The standard InChI is InChI=1S/C29H23N3O6S/c1-3-37-28(34)26-18(2)30-29-31(23(26)14-12-19-8-5-4-6-9-19)27(33)25(39-29)17-22-13-15-24(38-22)20-10-7-11-21(16-20)32(35)36/h4-17,23H,3H2,1-2H3/b14-12+,25-17-/t23-/m0/s1. The van der Waals surface area contributed by atoms with Crippen LogP contribution in [0, 0.1) is 10.1 Å². The van der Waals surface area contributed by atoms with Crippen molar-refractivity contribution in [1.82, 2.24) is 4.57 Å². The molecule has 0 spiro atoms. The molecule has 0 fully saturated rings. The molecule has 196 valence electrons. The third-order valence-electron chi connectivity index (χ3n) is 6.07. The van der Waals surface area contributed by atoms with E-state index in [2.05, 4.69) is 4.99 Å². The molecular weight excluding hydrogens is 518 g/mol. The van der Waals surface area contributed by atoms with Gasteiger partial charge in [0, 0.05) is 23.8 Å². The van der Waals surface area contributed by atoms with Crippen molar-refractivity contribution >= 4 is 35.1 Å².